The van der Waals surface area contributed by atoms with Crippen molar-refractivity contribution in [3.05, 3.63) is 52.8 Å². The van der Waals surface area contributed by atoms with Crippen LogP contribution >= 0.6 is 11.6 Å². The Labute approximate surface area is 181 Å². The quantitative estimate of drug-likeness (QED) is 0.595. The molecule has 2 aromatic carbocycles. The van der Waals surface area contributed by atoms with Gasteiger partial charge in [-0.3, -0.25) is 4.79 Å². The van der Waals surface area contributed by atoms with Crippen molar-refractivity contribution in [3.8, 4) is 0 Å². The highest BCUT2D eigenvalue weighted by atomic mass is 35.5. The first-order chi connectivity index (χ1) is 14.1. The first kappa shape index (κ1) is 22.3. The zero-order chi connectivity index (χ0) is 22.1. The van der Waals surface area contributed by atoms with Crippen LogP contribution in [0.3, 0.4) is 0 Å². The van der Waals surface area contributed by atoms with Crippen molar-refractivity contribution in [2.24, 2.45) is 0 Å². The molecule has 0 aliphatic carbocycles. The van der Waals surface area contributed by atoms with Gasteiger partial charge in [-0.1, -0.05) is 17.7 Å². The number of fused-ring (bicyclic) bond motifs is 1. The minimum atomic E-state index is -3.54. The van der Waals surface area contributed by atoms with Crippen molar-refractivity contribution >= 4 is 44.3 Å². The van der Waals surface area contributed by atoms with Gasteiger partial charge in [0.1, 0.15) is 5.82 Å². The SMILES string of the molecule is CCn1c(CCC(=O)Nc2ccc(C)cc2Cl)nc2cc(S(=O)(=O)N(C)C)ccc21. The predicted octanol–water partition coefficient (Wildman–Crippen LogP) is 3.84. The molecule has 0 radical (unpaired) electrons. The van der Waals surface area contributed by atoms with Crippen LogP contribution in [0.4, 0.5) is 5.69 Å². The van der Waals surface area contributed by atoms with Crippen LogP contribution in [0.15, 0.2) is 41.3 Å². The molecule has 9 heteroatoms. The van der Waals surface area contributed by atoms with Crippen molar-refractivity contribution in [1.29, 1.82) is 0 Å². The Hall–Kier alpha value is -2.42. The number of amides is 1. The van der Waals surface area contributed by atoms with Gasteiger partial charge < -0.3 is 9.88 Å². The molecule has 1 N–H and O–H groups in total. The lowest BCUT2D eigenvalue weighted by molar-refractivity contribution is -0.116. The highest BCUT2D eigenvalue weighted by Gasteiger charge is 2.19. The standard InChI is InChI=1S/C21H25ClN4O3S/c1-5-26-19-9-7-15(30(28,29)25(3)4)13-18(19)23-20(26)10-11-21(27)24-17-8-6-14(2)12-16(17)22/h6-9,12-13H,5,10-11H2,1-4H3,(H,24,27). The van der Waals surface area contributed by atoms with E-state index in [-0.39, 0.29) is 17.2 Å². The second kappa shape index (κ2) is 8.75. The number of carbonyl (C=O) groups excluding carboxylic acids is 1. The van der Waals surface area contributed by atoms with E-state index in [0.29, 0.717) is 29.2 Å². The monoisotopic (exact) mass is 448 g/mol. The average Bonchev–Trinajstić information content (AvgIpc) is 3.05. The van der Waals surface area contributed by atoms with Crippen LogP contribution in [0.5, 0.6) is 0 Å². The van der Waals surface area contributed by atoms with E-state index in [1.807, 2.05) is 24.5 Å². The van der Waals surface area contributed by atoms with E-state index >= 15 is 0 Å². The highest BCUT2D eigenvalue weighted by Crippen LogP contribution is 2.24. The van der Waals surface area contributed by atoms with Crippen molar-refractivity contribution < 1.29 is 13.2 Å². The number of anilines is 1. The molecule has 0 spiro atoms. The molecule has 3 rings (SSSR count). The number of carbonyl (C=O) groups is 1. The summed E-state index contributed by atoms with van der Waals surface area (Å²) < 4.78 is 28.0. The summed E-state index contributed by atoms with van der Waals surface area (Å²) in [6, 6.07) is 10.4. The fourth-order valence-corrected chi connectivity index (χ4v) is 4.44. The molecule has 0 aliphatic rings. The largest absolute Gasteiger partial charge is 0.328 e. The molecule has 160 valence electrons. The summed E-state index contributed by atoms with van der Waals surface area (Å²) in [5, 5.41) is 3.33. The summed E-state index contributed by atoms with van der Waals surface area (Å²) in [5.74, 6) is 0.573. The molecule has 0 aliphatic heterocycles. The third-order valence-corrected chi connectivity index (χ3v) is 6.99. The van der Waals surface area contributed by atoms with Crippen molar-refractivity contribution in [2.45, 2.75) is 38.1 Å². The summed E-state index contributed by atoms with van der Waals surface area (Å²) in [7, 11) is -0.550. The number of rotatable bonds is 7. The van der Waals surface area contributed by atoms with Gasteiger partial charge in [-0.15, -0.1) is 0 Å². The summed E-state index contributed by atoms with van der Waals surface area (Å²) in [6.45, 7) is 4.58. The Bertz CT molecular complexity index is 1200. The minimum Gasteiger partial charge on any atom is -0.328 e. The molecule has 0 saturated carbocycles. The molecule has 30 heavy (non-hydrogen) atoms. The minimum absolute atomic E-state index is 0.161. The lowest BCUT2D eigenvalue weighted by Crippen LogP contribution is -2.22. The first-order valence-corrected chi connectivity index (χ1v) is 11.4. The van der Waals surface area contributed by atoms with Gasteiger partial charge in [-0.05, 0) is 49.7 Å². The smallest absolute Gasteiger partial charge is 0.242 e. The summed E-state index contributed by atoms with van der Waals surface area (Å²) in [6.07, 6.45) is 0.657. The van der Waals surface area contributed by atoms with E-state index in [4.69, 9.17) is 11.6 Å². The number of sulfonamides is 1. The van der Waals surface area contributed by atoms with E-state index in [1.54, 1.807) is 30.3 Å². The van der Waals surface area contributed by atoms with Crippen LogP contribution in [-0.4, -0.2) is 42.3 Å². The van der Waals surface area contributed by atoms with Crippen LogP contribution in [-0.2, 0) is 27.8 Å². The van der Waals surface area contributed by atoms with Crippen molar-refractivity contribution in [2.75, 3.05) is 19.4 Å². The van der Waals surface area contributed by atoms with Gasteiger partial charge in [-0.2, -0.15) is 0 Å². The molecule has 0 bridgehead atoms. The third kappa shape index (κ3) is 4.50. The predicted molar refractivity (Wildman–Crippen MR) is 119 cm³/mol. The van der Waals surface area contributed by atoms with Gasteiger partial charge in [0.2, 0.25) is 15.9 Å². The number of halogens is 1. The Morgan fingerprint density at radius 2 is 1.93 bits per heavy atom. The lowest BCUT2D eigenvalue weighted by atomic mass is 10.2. The van der Waals surface area contributed by atoms with Gasteiger partial charge in [0.25, 0.3) is 0 Å². The number of nitrogens with zero attached hydrogens (tertiary/aromatic N) is 3. The normalized spacial score (nSPS) is 11.9. The molecule has 1 aromatic heterocycles. The van der Waals surface area contributed by atoms with E-state index in [1.165, 1.54) is 18.4 Å². The van der Waals surface area contributed by atoms with Crippen LogP contribution < -0.4 is 5.32 Å². The maximum absolute atomic E-state index is 12.4. The van der Waals surface area contributed by atoms with Crippen molar-refractivity contribution in [3.63, 3.8) is 0 Å². The number of imidazole rings is 1. The van der Waals surface area contributed by atoms with Gasteiger partial charge in [0.15, 0.2) is 0 Å². The number of aromatic nitrogens is 2. The van der Waals surface area contributed by atoms with E-state index in [9.17, 15) is 13.2 Å². The Morgan fingerprint density at radius 1 is 1.20 bits per heavy atom. The topological polar surface area (TPSA) is 84.3 Å². The Kier molecular flexibility index (Phi) is 6.50. The maximum atomic E-state index is 12.4. The fourth-order valence-electron chi connectivity index (χ4n) is 3.23. The second-order valence-corrected chi connectivity index (χ2v) is 9.80. The van der Waals surface area contributed by atoms with E-state index in [2.05, 4.69) is 10.3 Å². The van der Waals surface area contributed by atoms with Gasteiger partial charge in [0.05, 0.1) is 26.6 Å². The number of benzene rings is 2. The third-order valence-electron chi connectivity index (χ3n) is 4.87. The highest BCUT2D eigenvalue weighted by molar-refractivity contribution is 7.89. The molecule has 0 unspecified atom stereocenters. The Morgan fingerprint density at radius 3 is 2.57 bits per heavy atom. The Balaban J connectivity index is 1.81. The first-order valence-electron chi connectivity index (χ1n) is 9.61. The molecular formula is C21H25ClN4O3S. The zero-order valence-corrected chi connectivity index (χ0v) is 19.0. The fraction of sp³-hybridized carbons (Fsp3) is 0.333. The van der Waals surface area contributed by atoms with Crippen LogP contribution in [0, 0.1) is 6.92 Å². The molecule has 3 aromatic rings. The van der Waals surface area contributed by atoms with E-state index < -0.39 is 10.0 Å². The molecule has 1 amide bonds. The zero-order valence-electron chi connectivity index (χ0n) is 17.4. The van der Waals surface area contributed by atoms with Gasteiger partial charge in [-0.25, -0.2) is 17.7 Å². The second-order valence-electron chi connectivity index (χ2n) is 7.24. The van der Waals surface area contributed by atoms with Gasteiger partial charge >= 0.3 is 0 Å². The molecule has 0 fully saturated rings. The van der Waals surface area contributed by atoms with Gasteiger partial charge in [0, 0.05) is 33.5 Å². The number of aryl methyl sites for hydroxylation is 3. The maximum Gasteiger partial charge on any atom is 0.242 e. The van der Waals surface area contributed by atoms with E-state index in [0.717, 1.165) is 16.9 Å². The number of hydrogen-bond acceptors (Lipinski definition) is 4. The van der Waals surface area contributed by atoms with Crippen LogP contribution in [0.25, 0.3) is 11.0 Å². The number of nitrogens with one attached hydrogen (secondary N) is 1. The molecule has 0 saturated heterocycles. The molecule has 7 nitrogen and oxygen atoms in total. The summed E-state index contributed by atoms with van der Waals surface area (Å²) in [4.78, 5) is 17.2. The molecule has 1 heterocycles. The number of hydrogen-bond donors (Lipinski definition) is 1. The average molecular weight is 449 g/mol. The van der Waals surface area contributed by atoms with Crippen molar-refractivity contribution in [1.82, 2.24) is 13.9 Å². The molecular weight excluding hydrogens is 424 g/mol. The lowest BCUT2D eigenvalue weighted by Gasteiger charge is -2.11. The molecule has 0 atom stereocenters. The summed E-state index contributed by atoms with van der Waals surface area (Å²) >= 11 is 6.18. The summed E-state index contributed by atoms with van der Waals surface area (Å²) in [5.41, 5.74) is 3.03. The van der Waals surface area contributed by atoms with Crippen LogP contribution in [0.2, 0.25) is 5.02 Å². The van der Waals surface area contributed by atoms with Crippen LogP contribution in [0.1, 0.15) is 24.7 Å².